The van der Waals surface area contributed by atoms with Gasteiger partial charge < -0.3 is 14.4 Å². The van der Waals surface area contributed by atoms with Gasteiger partial charge in [0.05, 0.1) is 25.0 Å². The van der Waals surface area contributed by atoms with Gasteiger partial charge in [-0.3, -0.25) is 9.59 Å². The Labute approximate surface area is 350 Å². The van der Waals surface area contributed by atoms with Crippen LogP contribution < -0.4 is 0 Å². The molecular weight excluding hydrogens is 691 g/mol. The third-order valence-electron chi connectivity index (χ3n) is 11.6. The van der Waals surface area contributed by atoms with E-state index in [9.17, 15) is 9.59 Å². The first-order valence-electron chi connectivity index (χ1n) is 25.0. The zero-order valence-corrected chi connectivity index (χ0v) is 38.5. The number of carbonyl (C=O) groups is 2. The summed E-state index contributed by atoms with van der Waals surface area (Å²) in [7, 11) is 0. The van der Waals surface area contributed by atoms with Gasteiger partial charge in [-0.15, -0.1) is 11.8 Å². The Balaban J connectivity index is 4.50. The molecule has 0 aliphatic heterocycles. The molecule has 0 amide bonds. The monoisotopic (exact) mass is 788 g/mol. The van der Waals surface area contributed by atoms with Crippen molar-refractivity contribution in [1.29, 1.82) is 0 Å². The summed E-state index contributed by atoms with van der Waals surface area (Å²) < 4.78 is 11.7. The lowest BCUT2D eigenvalue weighted by atomic mass is 9.94. The van der Waals surface area contributed by atoms with Crippen LogP contribution in [0.1, 0.15) is 259 Å². The highest BCUT2D eigenvalue weighted by molar-refractivity contribution is 5.72. The summed E-state index contributed by atoms with van der Waals surface area (Å²) >= 11 is 0. The van der Waals surface area contributed by atoms with Crippen molar-refractivity contribution in [2.24, 2.45) is 11.8 Å². The zero-order valence-electron chi connectivity index (χ0n) is 38.5. The van der Waals surface area contributed by atoms with Crippen LogP contribution in [-0.2, 0) is 19.1 Å². The van der Waals surface area contributed by atoms with Crippen LogP contribution >= 0.6 is 0 Å². The van der Waals surface area contributed by atoms with Gasteiger partial charge in [0.2, 0.25) is 0 Å². The summed E-state index contributed by atoms with van der Waals surface area (Å²) in [5, 5.41) is 0. The Hall–Kier alpha value is -1.54. The molecule has 0 N–H and O–H groups in total. The smallest absolute Gasteiger partial charge is 0.308 e. The molecule has 5 nitrogen and oxygen atoms in total. The molecule has 2 atom stereocenters. The Bertz CT molecular complexity index is 836. The quantitative estimate of drug-likeness (QED) is 0.0350. The van der Waals surface area contributed by atoms with Crippen LogP contribution in [0, 0.1) is 23.7 Å². The largest absolute Gasteiger partial charge is 0.465 e. The van der Waals surface area contributed by atoms with E-state index in [0.717, 1.165) is 116 Å². The van der Waals surface area contributed by atoms with Gasteiger partial charge in [-0.05, 0) is 77.4 Å². The van der Waals surface area contributed by atoms with Crippen molar-refractivity contribution in [3.05, 3.63) is 0 Å². The van der Waals surface area contributed by atoms with E-state index in [-0.39, 0.29) is 23.8 Å². The van der Waals surface area contributed by atoms with Gasteiger partial charge in [0, 0.05) is 12.8 Å². The van der Waals surface area contributed by atoms with Gasteiger partial charge in [-0.1, -0.05) is 189 Å². The van der Waals surface area contributed by atoms with Crippen molar-refractivity contribution in [3.63, 3.8) is 0 Å². The van der Waals surface area contributed by atoms with Crippen molar-refractivity contribution in [2.45, 2.75) is 259 Å². The van der Waals surface area contributed by atoms with Crippen LogP contribution in [0.25, 0.3) is 0 Å². The summed E-state index contributed by atoms with van der Waals surface area (Å²) in [5.41, 5.74) is 0. The Kier molecular flexibility index (Phi) is 43.3. The molecular formula is C51H97NO4. The molecule has 0 aromatic carbocycles. The van der Waals surface area contributed by atoms with E-state index in [1.54, 1.807) is 0 Å². The zero-order chi connectivity index (χ0) is 41.0. The lowest BCUT2D eigenvalue weighted by Crippen LogP contribution is -2.27. The second kappa shape index (κ2) is 44.6. The summed E-state index contributed by atoms with van der Waals surface area (Å²) in [6.45, 7) is 15.7. The normalized spacial score (nSPS) is 12.4. The van der Waals surface area contributed by atoms with Crippen molar-refractivity contribution < 1.29 is 19.1 Å². The van der Waals surface area contributed by atoms with Gasteiger partial charge in [0.25, 0.3) is 0 Å². The molecule has 0 aromatic rings. The number of esters is 2. The first-order chi connectivity index (χ1) is 27.5. The molecule has 0 heterocycles. The molecule has 56 heavy (non-hydrogen) atoms. The van der Waals surface area contributed by atoms with Gasteiger partial charge >= 0.3 is 11.9 Å². The third-order valence-corrected chi connectivity index (χ3v) is 11.6. The topological polar surface area (TPSA) is 55.8 Å². The first kappa shape index (κ1) is 54.5. The SMILES string of the molecule is CCC#CCCCN(CCCCCCOC(=O)C(CCCCCC)CCCCCCCC)CCCCCCOC(=O)C(CCCCCC)CCCCCCCC. The van der Waals surface area contributed by atoms with E-state index in [1.807, 2.05) is 0 Å². The van der Waals surface area contributed by atoms with E-state index < -0.39 is 0 Å². The van der Waals surface area contributed by atoms with Crippen LogP contribution in [0.5, 0.6) is 0 Å². The second-order valence-corrected chi connectivity index (χ2v) is 17.0. The van der Waals surface area contributed by atoms with Crippen molar-refractivity contribution in [3.8, 4) is 11.8 Å². The molecule has 0 aliphatic carbocycles. The minimum Gasteiger partial charge on any atom is -0.465 e. The first-order valence-corrected chi connectivity index (χ1v) is 25.0. The lowest BCUT2D eigenvalue weighted by Gasteiger charge is -2.22. The summed E-state index contributed by atoms with van der Waals surface area (Å²) in [6, 6.07) is 0. The summed E-state index contributed by atoms with van der Waals surface area (Å²) in [6.07, 6.45) is 41.1. The van der Waals surface area contributed by atoms with E-state index in [0.29, 0.717) is 13.2 Å². The Morgan fingerprint density at radius 1 is 0.393 bits per heavy atom. The van der Waals surface area contributed by atoms with Crippen molar-refractivity contribution in [1.82, 2.24) is 4.90 Å². The molecule has 0 spiro atoms. The van der Waals surface area contributed by atoms with Crippen LogP contribution in [-0.4, -0.2) is 49.7 Å². The third kappa shape index (κ3) is 36.8. The molecule has 0 saturated heterocycles. The fourth-order valence-corrected chi connectivity index (χ4v) is 7.84. The van der Waals surface area contributed by atoms with E-state index in [2.05, 4.69) is 51.4 Å². The Morgan fingerprint density at radius 3 is 1.11 bits per heavy atom. The van der Waals surface area contributed by atoms with Gasteiger partial charge in [-0.2, -0.15) is 0 Å². The maximum absolute atomic E-state index is 13.0. The number of ether oxygens (including phenoxy) is 2. The molecule has 5 heteroatoms. The molecule has 2 unspecified atom stereocenters. The number of carbonyl (C=O) groups excluding carboxylic acids is 2. The fourth-order valence-electron chi connectivity index (χ4n) is 7.84. The molecule has 0 fully saturated rings. The molecule has 0 bridgehead atoms. The van der Waals surface area contributed by atoms with E-state index in [1.165, 1.54) is 128 Å². The molecule has 0 radical (unpaired) electrons. The number of hydrogen-bond acceptors (Lipinski definition) is 5. The molecule has 330 valence electrons. The average molecular weight is 788 g/mol. The fraction of sp³-hybridized carbons (Fsp3) is 0.922. The number of nitrogens with zero attached hydrogens (tertiary/aromatic N) is 1. The maximum Gasteiger partial charge on any atom is 0.308 e. The molecule has 0 aromatic heterocycles. The molecule has 0 aliphatic rings. The van der Waals surface area contributed by atoms with Gasteiger partial charge in [0.1, 0.15) is 0 Å². The minimum atomic E-state index is 0.0658. The predicted molar refractivity (Wildman–Crippen MR) is 243 cm³/mol. The predicted octanol–water partition coefficient (Wildman–Crippen LogP) is 15.4. The van der Waals surface area contributed by atoms with Crippen LogP contribution in [0.2, 0.25) is 0 Å². The summed E-state index contributed by atoms with van der Waals surface area (Å²) in [5.74, 6) is 6.87. The number of rotatable bonds is 43. The number of unbranched alkanes of at least 4 members (excludes halogenated alkanes) is 23. The van der Waals surface area contributed by atoms with Gasteiger partial charge in [-0.25, -0.2) is 0 Å². The van der Waals surface area contributed by atoms with E-state index >= 15 is 0 Å². The highest BCUT2D eigenvalue weighted by Crippen LogP contribution is 2.22. The van der Waals surface area contributed by atoms with Crippen LogP contribution in [0.15, 0.2) is 0 Å². The lowest BCUT2D eigenvalue weighted by molar-refractivity contribution is -0.150. The minimum absolute atomic E-state index is 0.0658. The van der Waals surface area contributed by atoms with Crippen molar-refractivity contribution in [2.75, 3.05) is 32.8 Å². The van der Waals surface area contributed by atoms with Crippen LogP contribution in [0.4, 0.5) is 0 Å². The highest BCUT2D eigenvalue weighted by atomic mass is 16.5. The maximum atomic E-state index is 13.0. The van der Waals surface area contributed by atoms with Gasteiger partial charge in [0.15, 0.2) is 0 Å². The number of hydrogen-bond donors (Lipinski definition) is 0. The highest BCUT2D eigenvalue weighted by Gasteiger charge is 2.20. The van der Waals surface area contributed by atoms with Crippen molar-refractivity contribution >= 4 is 11.9 Å². The molecule has 0 rings (SSSR count). The second-order valence-electron chi connectivity index (χ2n) is 17.0. The molecule has 0 saturated carbocycles. The average Bonchev–Trinajstić information content (AvgIpc) is 3.20. The summed E-state index contributed by atoms with van der Waals surface area (Å²) in [4.78, 5) is 28.7. The Morgan fingerprint density at radius 2 is 0.714 bits per heavy atom. The van der Waals surface area contributed by atoms with Crippen LogP contribution in [0.3, 0.4) is 0 Å². The van der Waals surface area contributed by atoms with E-state index in [4.69, 9.17) is 9.47 Å². The standard InChI is InChI=1S/C51H97NO4/c1-6-11-16-21-23-32-41-48(39-30-19-14-9-4)50(53)55-46-37-28-26-35-44-52(43-34-25-18-13-8-3)45-36-27-29-38-47-56-51(54)49(40-31-20-15-10-5)42-33-24-22-17-12-7-2/h48-49H,6-12,14-17,19-47H2,1-5H3.